The van der Waals surface area contributed by atoms with Crippen molar-refractivity contribution < 1.29 is 4.79 Å². The number of carbonyl (C=O) groups excluding carboxylic acids is 1. The van der Waals surface area contributed by atoms with Crippen molar-refractivity contribution in [2.75, 3.05) is 18.5 Å². The van der Waals surface area contributed by atoms with Crippen LogP contribution in [0.25, 0.3) is 0 Å². The molecule has 0 spiro atoms. The number of nitrogens with zero attached hydrogens (tertiary/aromatic N) is 1. The summed E-state index contributed by atoms with van der Waals surface area (Å²) < 4.78 is 0. The maximum atomic E-state index is 11.4. The zero-order valence-corrected chi connectivity index (χ0v) is 9.08. The maximum Gasteiger partial charge on any atom is 0.166 e. The largest absolute Gasteiger partial charge is 0.374 e. The molecule has 0 saturated carbocycles. The van der Waals surface area contributed by atoms with Crippen LogP contribution in [-0.2, 0) is 0 Å². The lowest BCUT2D eigenvalue weighted by Crippen LogP contribution is -2.27. The number of carbonyl (C=O) groups is 1. The lowest BCUT2D eigenvalue weighted by molar-refractivity contribution is 0.0980. The number of rotatable bonds is 0. The van der Waals surface area contributed by atoms with Gasteiger partial charge in [0, 0.05) is 31.3 Å². The van der Waals surface area contributed by atoms with Gasteiger partial charge in [-0.3, -0.25) is 4.79 Å². The van der Waals surface area contributed by atoms with Gasteiger partial charge in [-0.25, -0.2) is 0 Å². The van der Waals surface area contributed by atoms with Crippen molar-refractivity contribution in [3.8, 4) is 0 Å². The zero-order chi connectivity index (χ0) is 10.6. The van der Waals surface area contributed by atoms with Gasteiger partial charge in [0.1, 0.15) is 0 Å². The quantitative estimate of drug-likeness (QED) is 0.628. The van der Waals surface area contributed by atoms with Gasteiger partial charge in [-0.1, -0.05) is 26.0 Å². The van der Waals surface area contributed by atoms with Crippen LogP contribution in [0.15, 0.2) is 24.3 Å². The first-order valence-electron chi connectivity index (χ1n) is 5.12. The third-order valence-electron chi connectivity index (χ3n) is 2.29. The Morgan fingerprint density at radius 1 is 1.21 bits per heavy atom. The highest BCUT2D eigenvalue weighted by molar-refractivity contribution is 6.03. The van der Waals surface area contributed by atoms with Gasteiger partial charge < -0.3 is 4.90 Å². The number of anilines is 1. The highest BCUT2D eigenvalue weighted by Crippen LogP contribution is 2.24. The Morgan fingerprint density at radius 3 is 2.50 bits per heavy atom. The van der Waals surface area contributed by atoms with E-state index < -0.39 is 0 Å². The van der Waals surface area contributed by atoms with Gasteiger partial charge in [0.15, 0.2) is 5.78 Å². The minimum absolute atomic E-state index is 0.267. The highest BCUT2D eigenvalue weighted by atomic mass is 16.1. The van der Waals surface area contributed by atoms with E-state index in [0.29, 0.717) is 6.42 Å². The van der Waals surface area contributed by atoms with Crippen molar-refractivity contribution in [1.82, 2.24) is 0 Å². The van der Waals surface area contributed by atoms with Gasteiger partial charge in [-0.2, -0.15) is 0 Å². The summed E-state index contributed by atoms with van der Waals surface area (Å²) in [5.41, 5.74) is 1.93. The molecule has 0 aromatic heterocycles. The SMILES string of the molecule is CC.CN1CCC(=O)c2ccccc21. The Morgan fingerprint density at radius 2 is 1.86 bits per heavy atom. The molecule has 0 N–H and O–H groups in total. The van der Waals surface area contributed by atoms with Gasteiger partial charge in [0.05, 0.1) is 0 Å². The topological polar surface area (TPSA) is 20.3 Å². The number of hydrogen-bond acceptors (Lipinski definition) is 2. The van der Waals surface area contributed by atoms with Crippen LogP contribution in [-0.4, -0.2) is 19.4 Å². The molecule has 0 saturated heterocycles. The van der Waals surface area contributed by atoms with Crippen molar-refractivity contribution in [2.24, 2.45) is 0 Å². The summed E-state index contributed by atoms with van der Waals surface area (Å²) in [4.78, 5) is 13.5. The zero-order valence-electron chi connectivity index (χ0n) is 9.08. The minimum atomic E-state index is 0.267. The summed E-state index contributed by atoms with van der Waals surface area (Å²) in [7, 11) is 2.02. The molecule has 1 aromatic carbocycles. The molecule has 0 fully saturated rings. The van der Waals surface area contributed by atoms with Crippen molar-refractivity contribution in [3.05, 3.63) is 29.8 Å². The fourth-order valence-corrected chi connectivity index (χ4v) is 1.57. The molecule has 1 heterocycles. The fraction of sp³-hybridized carbons (Fsp3) is 0.417. The molecular formula is C12H17NO. The van der Waals surface area contributed by atoms with Crippen molar-refractivity contribution in [2.45, 2.75) is 20.3 Å². The molecule has 1 aliphatic heterocycles. The van der Waals surface area contributed by atoms with E-state index in [-0.39, 0.29) is 5.78 Å². The van der Waals surface area contributed by atoms with E-state index in [1.165, 1.54) is 0 Å². The van der Waals surface area contributed by atoms with Crippen LogP contribution in [0, 0.1) is 0 Å². The number of Topliss-reactive ketones (excluding diaryl/α,β-unsaturated/α-hetero) is 1. The Balaban J connectivity index is 0.000000461. The lowest BCUT2D eigenvalue weighted by atomic mass is 10.0. The summed E-state index contributed by atoms with van der Waals surface area (Å²) in [6.07, 6.45) is 0.646. The molecule has 0 radical (unpaired) electrons. The van der Waals surface area contributed by atoms with E-state index in [4.69, 9.17) is 0 Å². The van der Waals surface area contributed by atoms with Crippen LogP contribution < -0.4 is 4.90 Å². The summed E-state index contributed by atoms with van der Waals surface area (Å²) >= 11 is 0. The van der Waals surface area contributed by atoms with E-state index in [1.54, 1.807) is 0 Å². The average molecular weight is 191 g/mol. The monoisotopic (exact) mass is 191 g/mol. The first-order chi connectivity index (χ1) is 6.79. The van der Waals surface area contributed by atoms with Gasteiger partial charge in [-0.15, -0.1) is 0 Å². The summed E-state index contributed by atoms with van der Waals surface area (Å²) in [5.74, 6) is 0.267. The molecule has 1 aliphatic rings. The summed E-state index contributed by atoms with van der Waals surface area (Å²) in [5, 5.41) is 0. The summed E-state index contributed by atoms with van der Waals surface area (Å²) in [6, 6.07) is 7.77. The number of benzene rings is 1. The van der Waals surface area contributed by atoms with Gasteiger partial charge >= 0.3 is 0 Å². The van der Waals surface area contributed by atoms with E-state index in [0.717, 1.165) is 17.8 Å². The summed E-state index contributed by atoms with van der Waals surface area (Å²) in [6.45, 7) is 4.84. The molecule has 2 rings (SSSR count). The molecule has 14 heavy (non-hydrogen) atoms. The predicted molar refractivity (Wildman–Crippen MR) is 60.0 cm³/mol. The number of para-hydroxylation sites is 1. The third-order valence-corrected chi connectivity index (χ3v) is 2.29. The Labute approximate surface area is 85.5 Å². The molecule has 0 amide bonds. The Hall–Kier alpha value is -1.31. The van der Waals surface area contributed by atoms with Crippen LogP contribution >= 0.6 is 0 Å². The van der Waals surface area contributed by atoms with Crippen molar-refractivity contribution in [1.29, 1.82) is 0 Å². The molecule has 0 atom stereocenters. The molecule has 2 nitrogen and oxygen atoms in total. The molecule has 1 aromatic rings. The van der Waals surface area contributed by atoms with Gasteiger partial charge in [0.25, 0.3) is 0 Å². The van der Waals surface area contributed by atoms with E-state index >= 15 is 0 Å². The predicted octanol–water partition coefficient (Wildman–Crippen LogP) is 2.74. The van der Waals surface area contributed by atoms with E-state index in [9.17, 15) is 4.79 Å². The molecule has 2 heteroatoms. The Kier molecular flexibility index (Phi) is 3.69. The van der Waals surface area contributed by atoms with Crippen LogP contribution in [0.4, 0.5) is 5.69 Å². The van der Waals surface area contributed by atoms with Gasteiger partial charge in [-0.05, 0) is 12.1 Å². The molecule has 0 aliphatic carbocycles. The maximum absolute atomic E-state index is 11.4. The minimum Gasteiger partial charge on any atom is -0.374 e. The first-order valence-corrected chi connectivity index (χ1v) is 5.12. The standard InChI is InChI=1S/C10H11NO.C2H6/c1-11-7-6-10(12)8-4-2-3-5-9(8)11;1-2/h2-5H,6-7H2,1H3;1-2H3. The highest BCUT2D eigenvalue weighted by Gasteiger charge is 2.18. The number of hydrogen-bond donors (Lipinski definition) is 0. The lowest BCUT2D eigenvalue weighted by Gasteiger charge is -2.26. The normalized spacial score (nSPS) is 14.2. The molecule has 76 valence electrons. The van der Waals surface area contributed by atoms with E-state index in [2.05, 4.69) is 4.90 Å². The third kappa shape index (κ3) is 1.95. The second kappa shape index (κ2) is 4.80. The second-order valence-electron chi connectivity index (χ2n) is 3.11. The van der Waals surface area contributed by atoms with Crippen LogP contribution in [0.1, 0.15) is 30.6 Å². The first kappa shape index (κ1) is 10.8. The van der Waals surface area contributed by atoms with E-state index in [1.807, 2.05) is 45.2 Å². The Bertz CT molecular complexity index is 320. The van der Waals surface area contributed by atoms with Crippen molar-refractivity contribution >= 4 is 11.5 Å². The van der Waals surface area contributed by atoms with Crippen LogP contribution in [0.3, 0.4) is 0 Å². The van der Waals surface area contributed by atoms with Gasteiger partial charge in [0.2, 0.25) is 0 Å². The van der Waals surface area contributed by atoms with Crippen molar-refractivity contribution in [3.63, 3.8) is 0 Å². The van der Waals surface area contributed by atoms with Crippen LogP contribution in [0.2, 0.25) is 0 Å². The molecular weight excluding hydrogens is 174 g/mol. The second-order valence-corrected chi connectivity index (χ2v) is 3.11. The average Bonchev–Trinajstić information content (AvgIpc) is 2.27. The molecule has 0 unspecified atom stereocenters. The van der Waals surface area contributed by atoms with Crippen LogP contribution in [0.5, 0.6) is 0 Å². The smallest absolute Gasteiger partial charge is 0.166 e. The fourth-order valence-electron chi connectivity index (χ4n) is 1.57. The number of ketones is 1. The number of fused-ring (bicyclic) bond motifs is 1. The molecule has 0 bridgehead atoms.